The Kier molecular flexibility index (Phi) is 3.46. The highest BCUT2D eigenvalue weighted by molar-refractivity contribution is 6.03. The first-order valence-corrected chi connectivity index (χ1v) is 5.42. The summed E-state index contributed by atoms with van der Waals surface area (Å²) in [7, 11) is 1.66. The van der Waals surface area contributed by atoms with Gasteiger partial charge in [-0.25, -0.2) is 0 Å². The molecule has 17 heavy (non-hydrogen) atoms. The first kappa shape index (κ1) is 11.3. The van der Waals surface area contributed by atoms with Gasteiger partial charge in [0, 0.05) is 12.2 Å². The van der Waals surface area contributed by atoms with Gasteiger partial charge in [0.2, 0.25) is 0 Å². The summed E-state index contributed by atoms with van der Waals surface area (Å²) >= 11 is 0. The molecule has 2 nitrogen and oxygen atoms in total. The Balaban J connectivity index is 2.11. The van der Waals surface area contributed by atoms with Gasteiger partial charge in [-0.3, -0.25) is 4.42 Å². The SMILES string of the molecule is C[O+]=C1C=CC(=CC=C2C=CC(=N)C=C2)C=C1. The van der Waals surface area contributed by atoms with E-state index in [4.69, 9.17) is 9.83 Å². The van der Waals surface area contributed by atoms with Crippen molar-refractivity contribution in [2.24, 2.45) is 0 Å². The minimum absolute atomic E-state index is 0.534. The maximum Gasteiger partial charge on any atom is 0.343 e. The molecule has 0 spiro atoms. The first-order chi connectivity index (χ1) is 8.28. The lowest BCUT2D eigenvalue weighted by Gasteiger charge is -2.00. The summed E-state index contributed by atoms with van der Waals surface area (Å²) in [4.78, 5) is 0. The van der Waals surface area contributed by atoms with E-state index in [1.165, 1.54) is 0 Å². The van der Waals surface area contributed by atoms with Crippen molar-refractivity contribution < 1.29 is 4.42 Å². The lowest BCUT2D eigenvalue weighted by atomic mass is 10.1. The average Bonchev–Trinajstić information content (AvgIpc) is 2.39. The summed E-state index contributed by atoms with van der Waals surface area (Å²) in [6.45, 7) is 0. The number of carbonyl (C=O) groups excluding carboxylic acids is 1. The topological polar surface area (TPSA) is 35.2 Å². The molecule has 0 unspecified atom stereocenters. The van der Waals surface area contributed by atoms with Crippen molar-refractivity contribution in [2.45, 2.75) is 0 Å². The van der Waals surface area contributed by atoms with Crippen LogP contribution in [0.3, 0.4) is 0 Å². The summed E-state index contributed by atoms with van der Waals surface area (Å²) in [6, 6.07) is 0. The largest absolute Gasteiger partial charge is 0.343 e. The van der Waals surface area contributed by atoms with E-state index in [9.17, 15) is 0 Å². The fourth-order valence-corrected chi connectivity index (χ4v) is 1.50. The van der Waals surface area contributed by atoms with E-state index in [1.807, 2.05) is 48.6 Å². The second-order valence-corrected chi connectivity index (χ2v) is 3.73. The molecule has 0 amide bonds. The highest BCUT2D eigenvalue weighted by Crippen LogP contribution is 2.10. The summed E-state index contributed by atoms with van der Waals surface area (Å²) in [5, 5.41) is 7.39. The van der Waals surface area contributed by atoms with Crippen LogP contribution in [0.5, 0.6) is 0 Å². The zero-order valence-corrected chi connectivity index (χ0v) is 9.68. The number of allylic oxidation sites excluding steroid dienone is 12. The van der Waals surface area contributed by atoms with Gasteiger partial charge in [0.25, 0.3) is 7.11 Å². The van der Waals surface area contributed by atoms with Crippen molar-refractivity contribution in [2.75, 3.05) is 7.11 Å². The van der Waals surface area contributed by atoms with E-state index < -0.39 is 0 Å². The highest BCUT2D eigenvalue weighted by atomic mass is 16.4. The van der Waals surface area contributed by atoms with E-state index in [2.05, 4.69) is 0 Å². The van der Waals surface area contributed by atoms with Gasteiger partial charge in [-0.15, -0.1) is 0 Å². The molecule has 1 N–H and O–H groups in total. The maximum atomic E-state index is 7.39. The van der Waals surface area contributed by atoms with Gasteiger partial charge in [-0.1, -0.05) is 24.3 Å². The molecule has 0 radical (unpaired) electrons. The van der Waals surface area contributed by atoms with E-state index in [-0.39, 0.29) is 0 Å². The molecule has 2 heteroatoms. The van der Waals surface area contributed by atoms with Crippen LogP contribution in [0.4, 0.5) is 0 Å². The quantitative estimate of drug-likeness (QED) is 0.665. The van der Waals surface area contributed by atoms with Gasteiger partial charge >= 0.3 is 5.78 Å². The van der Waals surface area contributed by atoms with Gasteiger partial charge in [0.15, 0.2) is 0 Å². The lowest BCUT2D eigenvalue weighted by Crippen LogP contribution is -1.95. The van der Waals surface area contributed by atoms with Gasteiger partial charge < -0.3 is 5.41 Å². The molecule has 0 atom stereocenters. The van der Waals surface area contributed by atoms with E-state index >= 15 is 0 Å². The summed E-state index contributed by atoms with van der Waals surface area (Å²) in [6.07, 6.45) is 19.4. The van der Waals surface area contributed by atoms with E-state index in [1.54, 1.807) is 19.3 Å². The van der Waals surface area contributed by atoms with Crippen LogP contribution < -0.4 is 0 Å². The van der Waals surface area contributed by atoms with Crippen molar-refractivity contribution >= 4 is 11.5 Å². The van der Waals surface area contributed by atoms with Crippen molar-refractivity contribution in [3.8, 4) is 0 Å². The number of rotatable bonds is 1. The second-order valence-electron chi connectivity index (χ2n) is 3.73. The molecule has 0 saturated heterocycles. The smallest absolute Gasteiger partial charge is 0.301 e. The van der Waals surface area contributed by atoms with E-state index in [0.717, 1.165) is 16.9 Å². The molecule has 0 heterocycles. The van der Waals surface area contributed by atoms with Crippen LogP contribution in [0.1, 0.15) is 0 Å². The van der Waals surface area contributed by atoms with Crippen LogP contribution in [0, 0.1) is 5.41 Å². The predicted molar refractivity (Wildman–Crippen MR) is 71.4 cm³/mol. The molecule has 2 rings (SSSR count). The Morgan fingerprint density at radius 2 is 1.29 bits per heavy atom. The van der Waals surface area contributed by atoms with Crippen molar-refractivity contribution in [3.63, 3.8) is 0 Å². The molecule has 0 aromatic heterocycles. The summed E-state index contributed by atoms with van der Waals surface area (Å²) in [5.41, 5.74) is 2.75. The zero-order valence-electron chi connectivity index (χ0n) is 9.68. The van der Waals surface area contributed by atoms with Crippen LogP contribution in [-0.4, -0.2) is 18.6 Å². The minimum Gasteiger partial charge on any atom is -0.301 e. The van der Waals surface area contributed by atoms with Crippen LogP contribution in [0.2, 0.25) is 0 Å². The van der Waals surface area contributed by atoms with Crippen LogP contribution in [-0.2, 0) is 4.42 Å². The fraction of sp³-hybridized carbons (Fsp3) is 0.0667. The predicted octanol–water partition coefficient (Wildman–Crippen LogP) is 2.85. The Morgan fingerprint density at radius 3 is 1.76 bits per heavy atom. The van der Waals surface area contributed by atoms with Gasteiger partial charge in [0.05, 0.1) is 5.71 Å². The fourth-order valence-electron chi connectivity index (χ4n) is 1.50. The minimum atomic E-state index is 0.534. The third kappa shape index (κ3) is 3.11. The third-order valence-electron chi connectivity index (χ3n) is 2.49. The van der Waals surface area contributed by atoms with Crippen molar-refractivity contribution in [1.82, 2.24) is 0 Å². The van der Waals surface area contributed by atoms with Crippen molar-refractivity contribution in [3.05, 3.63) is 71.9 Å². The average molecular weight is 224 g/mol. The zero-order chi connectivity index (χ0) is 12.1. The molecule has 84 valence electrons. The van der Waals surface area contributed by atoms with Gasteiger partial charge in [-0.2, -0.15) is 0 Å². The number of hydrogen-bond acceptors (Lipinski definition) is 1. The first-order valence-electron chi connectivity index (χ1n) is 5.42. The maximum absolute atomic E-state index is 7.39. The number of nitrogens with one attached hydrogen (secondary N) is 1. The summed E-state index contributed by atoms with van der Waals surface area (Å²) in [5.74, 6) is 0.862. The number of ketones is 1. The molecule has 0 saturated carbocycles. The molecular formula is C15H14NO+. The molecule has 0 aliphatic heterocycles. The standard InChI is InChI=1S/C15H14NO/c1-17-15-10-6-13(7-11-15)3-2-12-4-8-14(16)9-5-12/h2-11,16H,1H3/q+1. The third-order valence-corrected chi connectivity index (χ3v) is 2.49. The van der Waals surface area contributed by atoms with Crippen LogP contribution in [0.15, 0.2) is 71.9 Å². The second kappa shape index (κ2) is 5.21. The Labute approximate surface area is 101 Å². The molecule has 0 aromatic rings. The molecule has 0 bridgehead atoms. The van der Waals surface area contributed by atoms with Crippen LogP contribution >= 0.6 is 0 Å². The normalized spacial score (nSPS) is 17.7. The summed E-state index contributed by atoms with van der Waals surface area (Å²) < 4.78 is 5.10. The van der Waals surface area contributed by atoms with Gasteiger partial charge in [-0.05, 0) is 35.5 Å². The van der Waals surface area contributed by atoms with Crippen LogP contribution in [0.25, 0.3) is 0 Å². The monoisotopic (exact) mass is 224 g/mol. The lowest BCUT2D eigenvalue weighted by molar-refractivity contribution is -0.417. The molecule has 0 fully saturated rings. The van der Waals surface area contributed by atoms with Crippen molar-refractivity contribution in [1.29, 1.82) is 5.41 Å². The van der Waals surface area contributed by atoms with E-state index in [0.29, 0.717) is 5.71 Å². The number of hydrogen-bond donors (Lipinski definition) is 1. The highest BCUT2D eigenvalue weighted by Gasteiger charge is 2.04. The Morgan fingerprint density at radius 1 is 0.824 bits per heavy atom. The molecule has 2 aliphatic carbocycles. The Hall–Kier alpha value is -2.22. The Bertz CT molecular complexity index is 501. The van der Waals surface area contributed by atoms with Gasteiger partial charge in [0.1, 0.15) is 0 Å². The molecule has 0 aromatic carbocycles. The molecule has 2 aliphatic rings. The molecular weight excluding hydrogens is 210 g/mol.